The molecule has 5 nitrogen and oxygen atoms in total. The highest BCUT2D eigenvalue weighted by Gasteiger charge is 2.61. The molecule has 0 saturated carbocycles. The van der Waals surface area contributed by atoms with Gasteiger partial charge in [-0.05, 0) is 20.8 Å². The average molecular weight is 270 g/mol. The van der Waals surface area contributed by atoms with Gasteiger partial charge in [-0.15, -0.1) is 6.58 Å². The van der Waals surface area contributed by atoms with E-state index in [-0.39, 0.29) is 6.42 Å². The summed E-state index contributed by atoms with van der Waals surface area (Å²) in [5.74, 6) is -0.801. The molecule has 2 fully saturated rings. The highest BCUT2D eigenvalue weighted by molar-refractivity contribution is 5.15. The van der Waals surface area contributed by atoms with Crippen LogP contribution in [-0.2, 0) is 14.2 Å². The summed E-state index contributed by atoms with van der Waals surface area (Å²) in [5.41, 5.74) is -0.760. The highest BCUT2D eigenvalue weighted by atomic mass is 16.8. The lowest BCUT2D eigenvalue weighted by Gasteiger charge is -2.32. The molecule has 0 spiro atoms. The topological polar surface area (TPSA) is 68.2 Å². The van der Waals surface area contributed by atoms with Gasteiger partial charge in [0.1, 0.15) is 11.7 Å². The molecule has 2 heterocycles. The summed E-state index contributed by atoms with van der Waals surface area (Å²) in [6.07, 6.45) is -1.05. The van der Waals surface area contributed by atoms with E-state index in [0.29, 0.717) is 5.57 Å². The number of fused-ring (bicyclic) bond motifs is 1. The third kappa shape index (κ3) is 2.49. The van der Waals surface area contributed by atoms with E-state index in [4.69, 9.17) is 14.2 Å². The van der Waals surface area contributed by atoms with Crippen LogP contribution in [0, 0.1) is 0 Å². The second-order valence-corrected chi connectivity index (χ2v) is 5.74. The van der Waals surface area contributed by atoms with E-state index in [1.54, 1.807) is 20.8 Å². The van der Waals surface area contributed by atoms with Gasteiger partial charge in [0, 0.05) is 6.42 Å². The molecule has 0 unspecified atom stereocenters. The van der Waals surface area contributed by atoms with Gasteiger partial charge in [-0.25, -0.2) is 0 Å². The van der Waals surface area contributed by atoms with Crippen molar-refractivity contribution in [3.8, 4) is 0 Å². The normalized spacial score (nSPS) is 41.8. The number of aliphatic hydroxyl groups excluding tert-OH is 1. The van der Waals surface area contributed by atoms with Crippen LogP contribution < -0.4 is 0 Å². The molecule has 2 rings (SSSR count). The minimum atomic E-state index is -1.38. The molecule has 2 saturated heterocycles. The van der Waals surface area contributed by atoms with Crippen LogP contribution in [0.1, 0.15) is 27.2 Å². The zero-order chi connectivity index (χ0) is 14.4. The summed E-state index contributed by atoms with van der Waals surface area (Å²) in [4.78, 5) is 0. The Bertz CT molecular complexity index is 391. The maximum atomic E-state index is 10.7. The van der Waals surface area contributed by atoms with Gasteiger partial charge < -0.3 is 24.4 Å². The van der Waals surface area contributed by atoms with Gasteiger partial charge in [-0.3, -0.25) is 0 Å². The van der Waals surface area contributed by atoms with Crippen molar-refractivity contribution < 1.29 is 24.4 Å². The van der Waals surface area contributed by atoms with Crippen LogP contribution in [0.2, 0.25) is 0 Å². The second-order valence-electron chi connectivity index (χ2n) is 5.74. The van der Waals surface area contributed by atoms with E-state index in [1.807, 2.05) is 0 Å². The van der Waals surface area contributed by atoms with Crippen LogP contribution in [0.4, 0.5) is 0 Å². The number of rotatable bonds is 4. The van der Waals surface area contributed by atoms with Crippen LogP contribution in [0.3, 0.4) is 0 Å². The van der Waals surface area contributed by atoms with Gasteiger partial charge in [0.2, 0.25) is 0 Å². The molecule has 0 aromatic rings. The third-order valence-corrected chi connectivity index (χ3v) is 3.66. The van der Waals surface area contributed by atoms with Gasteiger partial charge >= 0.3 is 0 Å². The van der Waals surface area contributed by atoms with Crippen molar-refractivity contribution in [1.29, 1.82) is 0 Å². The fourth-order valence-corrected chi connectivity index (χ4v) is 2.49. The first-order valence-corrected chi connectivity index (χ1v) is 6.40. The fourth-order valence-electron chi connectivity index (χ4n) is 2.49. The average Bonchev–Trinajstić information content (AvgIpc) is 2.73. The van der Waals surface area contributed by atoms with Crippen LogP contribution in [0.5, 0.6) is 0 Å². The summed E-state index contributed by atoms with van der Waals surface area (Å²) in [7, 11) is 0. The second kappa shape index (κ2) is 4.68. The van der Waals surface area contributed by atoms with Gasteiger partial charge in [0.25, 0.3) is 0 Å². The third-order valence-electron chi connectivity index (χ3n) is 3.66. The summed E-state index contributed by atoms with van der Waals surface area (Å²) in [5, 5.41) is 20.6. The molecule has 0 radical (unpaired) electrons. The van der Waals surface area contributed by atoms with E-state index < -0.39 is 36.0 Å². The first-order chi connectivity index (χ1) is 8.69. The molecule has 108 valence electrons. The number of hydrogen-bond donors (Lipinski definition) is 2. The molecule has 5 atom stereocenters. The minimum absolute atomic E-state index is 0.220. The van der Waals surface area contributed by atoms with E-state index >= 15 is 0 Å². The van der Waals surface area contributed by atoms with Gasteiger partial charge in [0.15, 0.2) is 12.1 Å². The highest BCUT2D eigenvalue weighted by Crippen LogP contribution is 2.44. The van der Waals surface area contributed by atoms with Gasteiger partial charge in [-0.2, -0.15) is 0 Å². The van der Waals surface area contributed by atoms with E-state index in [2.05, 4.69) is 13.2 Å². The van der Waals surface area contributed by atoms with Crippen molar-refractivity contribution in [2.24, 2.45) is 0 Å². The maximum Gasteiger partial charge on any atom is 0.190 e. The molecule has 2 N–H and O–H groups in total. The van der Waals surface area contributed by atoms with Gasteiger partial charge in [-0.1, -0.05) is 18.2 Å². The van der Waals surface area contributed by atoms with Crippen molar-refractivity contribution in [2.75, 3.05) is 0 Å². The molecule has 19 heavy (non-hydrogen) atoms. The molecular weight excluding hydrogens is 248 g/mol. The SMILES string of the molecule is C=C[C@@]1(O)[C@@H](C[C@@H](O)C(=C)C)O[C@@H]2OC(C)(C)O[C@@H]21. The Hall–Kier alpha value is -0.720. The Morgan fingerprint density at radius 3 is 2.58 bits per heavy atom. The molecule has 0 aliphatic carbocycles. The first-order valence-electron chi connectivity index (χ1n) is 6.40. The number of ether oxygens (including phenoxy) is 3. The van der Waals surface area contributed by atoms with Crippen LogP contribution >= 0.6 is 0 Å². The maximum absolute atomic E-state index is 10.7. The Labute approximate surface area is 113 Å². The fraction of sp³-hybridized carbons (Fsp3) is 0.714. The van der Waals surface area contributed by atoms with Gasteiger partial charge in [0.05, 0.1) is 12.2 Å². The summed E-state index contributed by atoms with van der Waals surface area (Å²) in [6, 6.07) is 0. The summed E-state index contributed by atoms with van der Waals surface area (Å²) in [6.45, 7) is 12.6. The van der Waals surface area contributed by atoms with Crippen molar-refractivity contribution in [3.63, 3.8) is 0 Å². The minimum Gasteiger partial charge on any atom is -0.389 e. The summed E-state index contributed by atoms with van der Waals surface area (Å²) >= 11 is 0. The Morgan fingerprint density at radius 1 is 1.42 bits per heavy atom. The zero-order valence-corrected chi connectivity index (χ0v) is 11.6. The lowest BCUT2D eigenvalue weighted by molar-refractivity contribution is -0.225. The Balaban J connectivity index is 2.16. The standard InChI is InChI=1S/C14H22O5/c1-6-14(16)10(7-9(15)8(2)3)17-12-11(14)18-13(4,5)19-12/h6,9-12,15-16H,1-2,7H2,3-5H3/t9-,10-,11+,12-,14-/m1/s1. The van der Waals surface area contributed by atoms with E-state index in [9.17, 15) is 10.2 Å². The van der Waals surface area contributed by atoms with Crippen LogP contribution in [0.25, 0.3) is 0 Å². The number of hydrogen-bond acceptors (Lipinski definition) is 5. The van der Waals surface area contributed by atoms with Crippen molar-refractivity contribution in [1.82, 2.24) is 0 Å². The molecule has 5 heteroatoms. The molecule has 0 bridgehead atoms. The Kier molecular flexibility index (Phi) is 3.62. The van der Waals surface area contributed by atoms with Crippen molar-refractivity contribution in [3.05, 3.63) is 24.8 Å². The van der Waals surface area contributed by atoms with Crippen molar-refractivity contribution >= 4 is 0 Å². The predicted octanol–water partition coefficient (Wildman–Crippen LogP) is 1.11. The van der Waals surface area contributed by atoms with E-state index in [1.165, 1.54) is 6.08 Å². The number of aliphatic hydroxyl groups is 2. The zero-order valence-electron chi connectivity index (χ0n) is 11.6. The molecule has 2 aliphatic rings. The lowest BCUT2D eigenvalue weighted by Crippen LogP contribution is -2.48. The smallest absolute Gasteiger partial charge is 0.190 e. The van der Waals surface area contributed by atoms with Crippen LogP contribution in [-0.4, -0.2) is 46.2 Å². The quantitative estimate of drug-likeness (QED) is 0.749. The first kappa shape index (κ1) is 14.7. The molecule has 0 aromatic heterocycles. The molecular formula is C14H22O5. The Morgan fingerprint density at radius 2 is 2.05 bits per heavy atom. The van der Waals surface area contributed by atoms with Crippen LogP contribution in [0.15, 0.2) is 24.8 Å². The predicted molar refractivity (Wildman–Crippen MR) is 69.3 cm³/mol. The largest absolute Gasteiger partial charge is 0.389 e. The molecule has 2 aliphatic heterocycles. The monoisotopic (exact) mass is 270 g/mol. The van der Waals surface area contributed by atoms with E-state index in [0.717, 1.165) is 0 Å². The van der Waals surface area contributed by atoms with Crippen molar-refractivity contribution in [2.45, 2.75) is 63.2 Å². The molecule has 0 amide bonds. The summed E-state index contributed by atoms with van der Waals surface area (Å²) < 4.78 is 16.9. The lowest BCUT2D eigenvalue weighted by atomic mass is 9.88. The molecule has 0 aromatic carbocycles.